The third-order valence-corrected chi connectivity index (χ3v) is 13.8. The zero-order chi connectivity index (χ0) is 46.7. The fraction of sp³-hybridized carbons (Fsp3) is 0.480. The maximum absolute atomic E-state index is 13.3. The van der Waals surface area contributed by atoms with Crippen LogP contribution in [0.15, 0.2) is 97.1 Å². The predicted octanol–water partition coefficient (Wildman–Crippen LogP) is 12.8. The van der Waals surface area contributed by atoms with Crippen molar-refractivity contribution in [2.75, 3.05) is 51.8 Å². The van der Waals surface area contributed by atoms with Crippen LogP contribution < -0.4 is 14.8 Å². The molecule has 0 spiro atoms. The smallest absolute Gasteiger partial charge is 0.416 e. The van der Waals surface area contributed by atoms with Crippen LogP contribution in [0.3, 0.4) is 0 Å². The van der Waals surface area contributed by atoms with E-state index in [1.807, 2.05) is 48.5 Å². The minimum absolute atomic E-state index is 0.0998. The summed E-state index contributed by atoms with van der Waals surface area (Å²) in [5, 5.41) is 4.64. The molecule has 0 unspecified atom stereocenters. The molecule has 4 aromatic carbocycles. The molecule has 2 saturated heterocycles. The normalized spacial score (nSPS) is 20.3. The minimum atomic E-state index is -4.35. The first-order chi connectivity index (χ1) is 31.0. The van der Waals surface area contributed by atoms with Crippen LogP contribution in [0, 0.1) is 11.8 Å². The Morgan fingerprint density at radius 2 is 1.06 bits per heavy atom. The lowest BCUT2D eigenvalue weighted by atomic mass is 9.62. The number of hydrogen-bond donors (Lipinski definition) is 1. The van der Waals surface area contributed by atoms with Crippen molar-refractivity contribution >= 4 is 46.4 Å². The number of carbonyl (C=O) groups is 2. The Morgan fingerprint density at radius 3 is 1.46 bits per heavy atom. The van der Waals surface area contributed by atoms with E-state index in [0.717, 1.165) is 126 Å². The lowest BCUT2D eigenvalue weighted by Gasteiger charge is -2.43. The number of rotatable bonds is 13. The fourth-order valence-corrected chi connectivity index (χ4v) is 9.45. The van der Waals surface area contributed by atoms with E-state index in [1.165, 1.54) is 24.3 Å². The first-order valence-corrected chi connectivity index (χ1v) is 23.5. The van der Waals surface area contributed by atoms with Gasteiger partial charge in [-0.25, -0.2) is 0 Å². The zero-order valence-electron chi connectivity index (χ0n) is 36.1. The summed E-state index contributed by atoms with van der Waals surface area (Å²) in [5.41, 5.74) is 0.0776. The third kappa shape index (κ3) is 13.7. The van der Waals surface area contributed by atoms with Crippen molar-refractivity contribution in [3.8, 4) is 11.5 Å². The van der Waals surface area contributed by atoms with Gasteiger partial charge >= 0.3 is 12.4 Å². The zero-order valence-corrected chi connectivity index (χ0v) is 38.4. The van der Waals surface area contributed by atoms with E-state index >= 15 is 0 Å². The van der Waals surface area contributed by atoms with E-state index in [2.05, 4.69) is 10.2 Å². The van der Waals surface area contributed by atoms with Gasteiger partial charge in [-0.15, -0.1) is 11.6 Å². The Balaban J connectivity index is 0.000000178. The van der Waals surface area contributed by atoms with Crippen molar-refractivity contribution in [2.45, 2.75) is 87.4 Å². The summed E-state index contributed by atoms with van der Waals surface area (Å²) in [6, 6.07) is 24.8. The van der Waals surface area contributed by atoms with Crippen LogP contribution in [0.2, 0.25) is 10.0 Å². The Kier molecular flexibility index (Phi) is 17.7. The third-order valence-electron chi connectivity index (χ3n) is 13.1. The van der Waals surface area contributed by atoms with Gasteiger partial charge in [-0.3, -0.25) is 14.5 Å². The molecule has 8 rings (SSSR count). The van der Waals surface area contributed by atoms with E-state index in [-0.39, 0.29) is 28.8 Å². The van der Waals surface area contributed by atoms with Crippen LogP contribution in [-0.2, 0) is 32.8 Å². The van der Waals surface area contributed by atoms with Gasteiger partial charge in [0, 0.05) is 35.0 Å². The van der Waals surface area contributed by atoms with Crippen LogP contribution >= 0.6 is 34.8 Å². The maximum atomic E-state index is 13.3. The fourth-order valence-electron chi connectivity index (χ4n) is 8.94. The van der Waals surface area contributed by atoms with Crippen molar-refractivity contribution in [1.29, 1.82) is 0 Å². The summed E-state index contributed by atoms with van der Waals surface area (Å²) in [7, 11) is 0. The number of halogens is 9. The lowest BCUT2D eigenvalue weighted by molar-refractivity contribution is -0.138. The summed E-state index contributed by atoms with van der Waals surface area (Å²) < 4.78 is 86.4. The molecule has 15 heteroatoms. The number of likely N-dealkylation sites (tertiary alicyclic amines) is 1. The molecule has 0 aromatic heterocycles. The molecule has 4 aliphatic rings. The number of benzene rings is 4. The number of alkyl halides is 7. The Hall–Kier alpha value is -3.81. The van der Waals surface area contributed by atoms with Crippen molar-refractivity contribution in [2.24, 2.45) is 11.8 Å². The highest BCUT2D eigenvalue weighted by molar-refractivity contribution is 6.31. The first kappa shape index (κ1) is 50.6. The SMILES string of the molecule is FC(F)(F)c1ccc(OC[C@@H]2CCCNC2)cc1.O=C(CCl)C1(c2ccc(Cl)cc2)CCC1.O=C(CN1CCC[C@@H](COc2ccc(C(F)(F)F)cc2)C1)C1(c2ccc(Cl)cc2)CCC1. The average molecular weight is 968 g/mol. The molecule has 1 N–H and O–H groups in total. The molecule has 4 fully saturated rings. The van der Waals surface area contributed by atoms with Gasteiger partial charge < -0.3 is 14.8 Å². The van der Waals surface area contributed by atoms with E-state index in [1.54, 1.807) is 0 Å². The van der Waals surface area contributed by atoms with Crippen LogP contribution in [0.1, 0.15) is 86.5 Å². The molecule has 6 nitrogen and oxygen atoms in total. The number of Topliss-reactive ketones (excluding diaryl/α,β-unsaturated/α-hetero) is 2. The summed E-state index contributed by atoms with van der Waals surface area (Å²) in [6.45, 7) is 4.98. The van der Waals surface area contributed by atoms with Gasteiger partial charge in [0.05, 0.1) is 47.6 Å². The number of nitrogens with one attached hydrogen (secondary N) is 1. The lowest BCUT2D eigenvalue weighted by Crippen LogP contribution is -2.49. The molecule has 2 aliphatic heterocycles. The van der Waals surface area contributed by atoms with Gasteiger partial charge in [-0.2, -0.15) is 26.3 Å². The number of carbonyl (C=O) groups excluding carboxylic acids is 2. The molecule has 2 aliphatic carbocycles. The number of nitrogens with zero attached hydrogens (tertiary/aromatic N) is 1. The Morgan fingerprint density at radius 1 is 0.615 bits per heavy atom. The Bertz CT molecular complexity index is 2120. The quantitative estimate of drug-likeness (QED) is 0.106. The van der Waals surface area contributed by atoms with Gasteiger partial charge in [0.1, 0.15) is 11.5 Å². The molecule has 352 valence electrons. The van der Waals surface area contributed by atoms with Gasteiger partial charge in [0.2, 0.25) is 0 Å². The molecule has 2 saturated carbocycles. The summed E-state index contributed by atoms with van der Waals surface area (Å²) in [6.07, 6.45) is 1.29. The molecule has 4 aromatic rings. The monoisotopic (exact) mass is 966 g/mol. The van der Waals surface area contributed by atoms with Gasteiger partial charge in [0.15, 0.2) is 11.6 Å². The van der Waals surface area contributed by atoms with E-state index in [0.29, 0.717) is 47.2 Å². The van der Waals surface area contributed by atoms with E-state index in [9.17, 15) is 35.9 Å². The molecule has 0 bridgehead atoms. The highest BCUT2D eigenvalue weighted by Gasteiger charge is 2.46. The van der Waals surface area contributed by atoms with Crippen molar-refractivity contribution < 1.29 is 45.4 Å². The van der Waals surface area contributed by atoms with Crippen LogP contribution in [-0.4, -0.2) is 68.3 Å². The van der Waals surface area contributed by atoms with Crippen molar-refractivity contribution in [3.05, 3.63) is 129 Å². The topological polar surface area (TPSA) is 67.9 Å². The number of hydrogen-bond acceptors (Lipinski definition) is 6. The minimum Gasteiger partial charge on any atom is -0.493 e. The maximum Gasteiger partial charge on any atom is 0.416 e. The van der Waals surface area contributed by atoms with Gasteiger partial charge in [-0.1, -0.05) is 60.3 Å². The summed E-state index contributed by atoms with van der Waals surface area (Å²) >= 11 is 17.5. The highest BCUT2D eigenvalue weighted by atomic mass is 35.5. The molecule has 0 radical (unpaired) electrons. The van der Waals surface area contributed by atoms with E-state index < -0.39 is 28.9 Å². The van der Waals surface area contributed by atoms with Crippen LogP contribution in [0.25, 0.3) is 0 Å². The van der Waals surface area contributed by atoms with Crippen LogP contribution in [0.5, 0.6) is 11.5 Å². The molecular formula is C50H55Cl3F6N2O4. The second kappa shape index (κ2) is 22.8. The molecule has 2 atom stereocenters. The average Bonchev–Trinajstić information content (AvgIpc) is 3.26. The molecule has 0 amide bonds. The molecule has 2 heterocycles. The molecular weight excluding hydrogens is 913 g/mol. The number of piperidine rings is 2. The van der Waals surface area contributed by atoms with Gasteiger partial charge in [0.25, 0.3) is 0 Å². The second-order valence-corrected chi connectivity index (χ2v) is 18.6. The number of ketones is 2. The van der Waals surface area contributed by atoms with E-state index in [4.69, 9.17) is 44.3 Å². The summed E-state index contributed by atoms with van der Waals surface area (Å²) in [4.78, 5) is 27.3. The largest absolute Gasteiger partial charge is 0.493 e. The standard InChI is InChI=1S/C25H27ClF3NO2.C13H16F3NO.C12H12Cl2O/c26-21-8-4-19(5-9-21)24(12-2-13-24)23(31)16-30-14-1-3-18(15-30)17-32-22-10-6-20(7-11-22)25(27,28)29;14-13(15,16)11-3-5-12(6-4-11)18-9-10-2-1-7-17-8-10;13-8-11(15)12(6-1-7-12)9-2-4-10(14)5-3-9/h4-11,18H,1-3,12-17H2;3-6,10,17H,1-2,7-9H2;2-5H,1,6-8H2/t18-;10-;/m11./s1. The number of ether oxygens (including phenoxy) is 2. The predicted molar refractivity (Wildman–Crippen MR) is 243 cm³/mol. The first-order valence-electron chi connectivity index (χ1n) is 22.2. The van der Waals surface area contributed by atoms with Crippen LogP contribution in [0.4, 0.5) is 26.3 Å². The Labute approximate surface area is 392 Å². The van der Waals surface area contributed by atoms with Gasteiger partial charge in [-0.05, 0) is 148 Å². The van der Waals surface area contributed by atoms with Crippen molar-refractivity contribution in [3.63, 3.8) is 0 Å². The highest BCUT2D eigenvalue weighted by Crippen LogP contribution is 2.46. The second-order valence-electron chi connectivity index (χ2n) is 17.5. The summed E-state index contributed by atoms with van der Waals surface area (Å²) in [5.74, 6) is 2.11. The molecule has 65 heavy (non-hydrogen) atoms. The van der Waals surface area contributed by atoms with Crippen molar-refractivity contribution in [1.82, 2.24) is 10.2 Å².